The van der Waals surface area contributed by atoms with Crippen molar-refractivity contribution in [1.29, 1.82) is 0 Å². The number of aliphatic hydroxyl groups excluding tert-OH is 2. The number of nitrogens with one attached hydrogen (secondary N) is 1. The minimum Gasteiger partial charge on any atom is -0.484 e. The Labute approximate surface area is 214 Å². The van der Waals surface area contributed by atoms with Crippen LogP contribution in [-0.4, -0.2) is 53.8 Å². The molecule has 3 N–H and O–H groups in total. The highest BCUT2D eigenvalue weighted by Gasteiger charge is 2.22. The summed E-state index contributed by atoms with van der Waals surface area (Å²) in [6.45, 7) is 2.89. The number of aliphatic hydroxyl groups is 2. The molecule has 0 aliphatic heterocycles. The molecule has 3 aromatic rings. The van der Waals surface area contributed by atoms with E-state index in [1.54, 1.807) is 7.05 Å². The zero-order valence-electron chi connectivity index (χ0n) is 20.2. The fourth-order valence-corrected chi connectivity index (χ4v) is 3.85. The average molecular weight is 499 g/mol. The number of amides is 1. The lowest BCUT2D eigenvalue weighted by molar-refractivity contribution is -0.122. The molecule has 3 aromatic carbocycles. The number of hydrogen-bond acceptors (Lipinski definition) is 5. The molecule has 6 nitrogen and oxygen atoms in total. The number of carbonyl (C=O) groups excluding carboxylic acids is 1. The second-order valence-corrected chi connectivity index (χ2v) is 8.47. The van der Waals surface area contributed by atoms with Crippen molar-refractivity contribution in [3.05, 3.63) is 102 Å². The molecule has 0 saturated carbocycles. The molecule has 35 heavy (non-hydrogen) atoms. The highest BCUT2D eigenvalue weighted by molar-refractivity contribution is 5.85. The van der Waals surface area contributed by atoms with Crippen LogP contribution in [0.1, 0.15) is 35.8 Å². The highest BCUT2D eigenvalue weighted by atomic mass is 35.5. The second-order valence-electron chi connectivity index (χ2n) is 8.47. The summed E-state index contributed by atoms with van der Waals surface area (Å²) in [4.78, 5) is 13.5. The molecule has 0 aliphatic carbocycles. The number of likely N-dealkylation sites (N-methyl/N-ethyl adjacent to an activating group) is 1. The Morgan fingerprint density at radius 3 is 1.80 bits per heavy atom. The van der Waals surface area contributed by atoms with Crippen LogP contribution in [0, 0.1) is 0 Å². The fraction of sp³-hybridized carbons (Fsp3) is 0.321. The van der Waals surface area contributed by atoms with Gasteiger partial charge in [-0.3, -0.25) is 9.69 Å². The molecular formula is C28H35ClN2O4. The van der Waals surface area contributed by atoms with Gasteiger partial charge in [0.15, 0.2) is 6.61 Å². The Kier molecular flexibility index (Phi) is 11.7. The topological polar surface area (TPSA) is 82.0 Å². The molecule has 0 heterocycles. The van der Waals surface area contributed by atoms with Gasteiger partial charge in [-0.15, -0.1) is 12.4 Å². The first-order valence-corrected chi connectivity index (χ1v) is 11.6. The number of nitrogens with zero attached hydrogens (tertiary/aromatic N) is 1. The van der Waals surface area contributed by atoms with Gasteiger partial charge >= 0.3 is 0 Å². The van der Waals surface area contributed by atoms with Gasteiger partial charge in [0.2, 0.25) is 0 Å². The summed E-state index contributed by atoms with van der Waals surface area (Å²) >= 11 is 0. The number of benzene rings is 3. The van der Waals surface area contributed by atoms with Crippen molar-refractivity contribution in [2.24, 2.45) is 0 Å². The Balaban J connectivity index is 0.00000432. The second kappa shape index (κ2) is 14.5. The molecule has 7 heteroatoms. The van der Waals surface area contributed by atoms with Gasteiger partial charge in [-0.1, -0.05) is 72.8 Å². The summed E-state index contributed by atoms with van der Waals surface area (Å²) in [5.41, 5.74) is 2.81. The minimum atomic E-state index is -0.660. The van der Waals surface area contributed by atoms with Crippen molar-refractivity contribution in [3.8, 4) is 5.75 Å². The molecule has 0 spiro atoms. The number of ether oxygens (including phenoxy) is 1. The molecule has 1 amide bonds. The smallest absolute Gasteiger partial charge is 0.257 e. The maximum Gasteiger partial charge on any atom is 0.257 e. The molecule has 3 atom stereocenters. The summed E-state index contributed by atoms with van der Waals surface area (Å²) in [7, 11) is 1.57. The van der Waals surface area contributed by atoms with E-state index in [9.17, 15) is 15.0 Å². The van der Waals surface area contributed by atoms with Crippen molar-refractivity contribution >= 4 is 18.3 Å². The highest BCUT2D eigenvalue weighted by Crippen LogP contribution is 2.22. The zero-order valence-corrected chi connectivity index (χ0v) is 21.0. The molecule has 0 fully saturated rings. The summed E-state index contributed by atoms with van der Waals surface area (Å²) in [6.07, 6.45) is -0.585. The van der Waals surface area contributed by atoms with Crippen LogP contribution in [0.25, 0.3) is 0 Å². The summed E-state index contributed by atoms with van der Waals surface area (Å²) in [5, 5.41) is 24.3. The lowest BCUT2D eigenvalue weighted by Gasteiger charge is -2.33. The lowest BCUT2D eigenvalue weighted by atomic mass is 10.0. The largest absolute Gasteiger partial charge is 0.484 e. The predicted molar refractivity (Wildman–Crippen MR) is 141 cm³/mol. The van der Waals surface area contributed by atoms with Crippen molar-refractivity contribution in [1.82, 2.24) is 10.2 Å². The molecule has 3 rings (SSSR count). The normalized spacial score (nSPS) is 13.4. The number of rotatable bonds is 12. The van der Waals surface area contributed by atoms with Crippen LogP contribution in [0.5, 0.6) is 5.75 Å². The standard InChI is InChI=1S/C28H34N2O4.ClH/c1-21(17-22-13-15-25(16-14-22)34-20-28(33)29-2)30(18-26(31)23-9-5-3-6-10-23)19-27(32)24-11-7-4-8-12-24;/h3-16,21,26-27,31-32H,17-20H2,1-2H3,(H,29,33);1H/t21-,26+,27+;/m1./s1. The van der Waals surface area contributed by atoms with Crippen LogP contribution >= 0.6 is 12.4 Å². The molecule has 0 bridgehead atoms. The van der Waals surface area contributed by atoms with E-state index in [1.807, 2.05) is 84.9 Å². The van der Waals surface area contributed by atoms with Gasteiger partial charge in [0.05, 0.1) is 12.2 Å². The molecule has 0 aliphatic rings. The van der Waals surface area contributed by atoms with Crippen LogP contribution in [0.4, 0.5) is 0 Å². The van der Waals surface area contributed by atoms with Crippen LogP contribution < -0.4 is 10.1 Å². The number of hydrogen-bond donors (Lipinski definition) is 3. The van der Waals surface area contributed by atoms with Crippen LogP contribution in [-0.2, 0) is 11.2 Å². The maximum absolute atomic E-state index is 11.4. The van der Waals surface area contributed by atoms with E-state index < -0.39 is 12.2 Å². The van der Waals surface area contributed by atoms with E-state index >= 15 is 0 Å². The third-order valence-electron chi connectivity index (χ3n) is 5.91. The van der Waals surface area contributed by atoms with E-state index in [0.29, 0.717) is 18.8 Å². The molecule has 0 saturated heterocycles. The van der Waals surface area contributed by atoms with Crippen LogP contribution in [0.2, 0.25) is 0 Å². The molecular weight excluding hydrogens is 464 g/mol. The Hall–Kier alpha value is -2.90. The monoisotopic (exact) mass is 498 g/mol. The Morgan fingerprint density at radius 1 is 0.857 bits per heavy atom. The first-order chi connectivity index (χ1) is 16.5. The molecule has 0 aromatic heterocycles. The van der Waals surface area contributed by atoms with Gasteiger partial charge in [-0.2, -0.15) is 0 Å². The van der Waals surface area contributed by atoms with Gasteiger partial charge in [-0.05, 0) is 42.2 Å². The van der Waals surface area contributed by atoms with E-state index in [0.717, 1.165) is 23.1 Å². The predicted octanol–water partition coefficient (Wildman–Crippen LogP) is 3.93. The van der Waals surface area contributed by atoms with Crippen molar-refractivity contribution in [2.75, 3.05) is 26.7 Å². The molecule has 0 unspecified atom stereocenters. The maximum atomic E-state index is 11.4. The van der Waals surface area contributed by atoms with Gasteiger partial charge in [-0.25, -0.2) is 0 Å². The molecule has 188 valence electrons. The molecule has 0 radical (unpaired) electrons. The van der Waals surface area contributed by atoms with Crippen LogP contribution in [0.3, 0.4) is 0 Å². The van der Waals surface area contributed by atoms with Gasteiger partial charge in [0.25, 0.3) is 5.91 Å². The van der Waals surface area contributed by atoms with E-state index in [1.165, 1.54) is 0 Å². The minimum absolute atomic E-state index is 0. The van der Waals surface area contributed by atoms with Crippen molar-refractivity contribution < 1.29 is 19.7 Å². The van der Waals surface area contributed by atoms with Gasteiger partial charge in [0.1, 0.15) is 5.75 Å². The lowest BCUT2D eigenvalue weighted by Crippen LogP contribution is -2.40. The van der Waals surface area contributed by atoms with E-state index in [2.05, 4.69) is 17.1 Å². The fourth-order valence-electron chi connectivity index (χ4n) is 3.85. The number of halogens is 1. The van der Waals surface area contributed by atoms with Crippen LogP contribution in [0.15, 0.2) is 84.9 Å². The first kappa shape index (κ1) is 28.3. The summed E-state index contributed by atoms with van der Waals surface area (Å²) < 4.78 is 5.48. The van der Waals surface area contributed by atoms with Gasteiger partial charge < -0.3 is 20.3 Å². The van der Waals surface area contributed by atoms with Crippen molar-refractivity contribution in [3.63, 3.8) is 0 Å². The third-order valence-corrected chi connectivity index (χ3v) is 5.91. The Bertz CT molecular complexity index is 955. The number of carbonyl (C=O) groups is 1. The SMILES string of the molecule is CNC(=O)COc1ccc(C[C@@H](C)N(C[C@H](O)c2ccccc2)C[C@H](O)c2ccccc2)cc1.Cl. The first-order valence-electron chi connectivity index (χ1n) is 11.6. The quantitative estimate of drug-likeness (QED) is 0.352. The summed E-state index contributed by atoms with van der Waals surface area (Å²) in [5.74, 6) is 0.457. The van der Waals surface area contributed by atoms with E-state index in [-0.39, 0.29) is 31.0 Å². The Morgan fingerprint density at radius 2 is 1.34 bits per heavy atom. The zero-order chi connectivity index (χ0) is 24.3. The van der Waals surface area contributed by atoms with E-state index in [4.69, 9.17) is 4.74 Å². The summed E-state index contributed by atoms with van der Waals surface area (Å²) in [6, 6.07) is 26.9. The van der Waals surface area contributed by atoms with Crippen molar-refractivity contribution in [2.45, 2.75) is 31.6 Å². The average Bonchev–Trinajstić information content (AvgIpc) is 2.88. The third kappa shape index (κ3) is 9.00. The van der Waals surface area contributed by atoms with Gasteiger partial charge in [0, 0.05) is 26.2 Å².